The van der Waals surface area contributed by atoms with Crippen LogP contribution in [0, 0.1) is 0 Å². The first kappa shape index (κ1) is 38.2. The van der Waals surface area contributed by atoms with Gasteiger partial charge in [0, 0.05) is 60.6 Å². The van der Waals surface area contributed by atoms with E-state index < -0.39 is 0 Å². The lowest BCUT2D eigenvalue weighted by Gasteiger charge is -2.27. The molecule has 14 aromatic rings. The summed E-state index contributed by atoms with van der Waals surface area (Å²) in [6.07, 6.45) is 0. The Labute approximate surface area is 391 Å². The van der Waals surface area contributed by atoms with E-state index in [1.165, 1.54) is 38.1 Å². The van der Waals surface area contributed by atoms with Crippen LogP contribution < -0.4 is 4.90 Å². The molecule has 14 rings (SSSR count). The number of furan rings is 2. The molecule has 0 saturated heterocycles. The Bertz CT molecular complexity index is 4220. The fraction of sp³-hybridized carbons (Fsp3) is 0. The number of hydrogen-bond acceptors (Lipinski definition) is 3. The number of para-hydroxylation sites is 4. The molecule has 0 unspecified atom stereocenters. The van der Waals surface area contributed by atoms with Gasteiger partial charge < -0.3 is 18.3 Å². The highest BCUT2D eigenvalue weighted by atomic mass is 16.3. The molecule has 0 saturated carbocycles. The van der Waals surface area contributed by atoms with Gasteiger partial charge in [0.1, 0.15) is 22.3 Å². The van der Waals surface area contributed by atoms with Crippen molar-refractivity contribution in [3.8, 4) is 39.1 Å². The van der Waals surface area contributed by atoms with Crippen molar-refractivity contribution in [2.75, 3.05) is 4.90 Å². The Morgan fingerprint density at radius 1 is 0.309 bits per heavy atom. The van der Waals surface area contributed by atoms with Gasteiger partial charge in [0.25, 0.3) is 0 Å². The highest BCUT2D eigenvalue weighted by Gasteiger charge is 2.22. The quantitative estimate of drug-likeness (QED) is 0.160. The van der Waals surface area contributed by atoms with E-state index in [2.05, 4.69) is 234 Å². The number of hydrogen-bond donors (Lipinski definition) is 0. The van der Waals surface area contributed by atoms with Gasteiger partial charge in [0.05, 0.1) is 11.0 Å². The first-order chi connectivity index (χ1) is 33.7. The Hall–Kier alpha value is -9.12. The van der Waals surface area contributed by atoms with Crippen LogP contribution >= 0.6 is 0 Å². The van der Waals surface area contributed by atoms with E-state index in [-0.39, 0.29) is 0 Å². The molecule has 0 spiro atoms. The molecule has 0 N–H and O–H groups in total. The number of fused-ring (bicyclic) bond motifs is 10. The molecule has 0 fully saturated rings. The Kier molecular flexibility index (Phi) is 8.55. The molecule has 3 aromatic heterocycles. The van der Waals surface area contributed by atoms with Crippen molar-refractivity contribution in [2.45, 2.75) is 0 Å². The predicted octanol–water partition coefficient (Wildman–Crippen LogP) is 18.2. The van der Waals surface area contributed by atoms with Crippen LogP contribution in [0.3, 0.4) is 0 Å². The highest BCUT2D eigenvalue weighted by molar-refractivity contribution is 6.14. The average molecular weight is 869 g/mol. The molecule has 0 amide bonds. The molecule has 0 aliphatic rings. The standard InChI is InChI=1S/C64H40N2O2/c1-2-21-49-41(15-1)16-13-26-50(49)42-33-35-45(36-34-42)65(46-19-11-17-43(37-46)51-27-14-32-62-63(51)55-25-6-10-31-61(55)67-62)48-39-56(64-57(40-48)54-24-5-9-30-60(54)68-64)44-18-12-20-47(38-44)66-58-28-7-3-22-52(58)53-23-4-8-29-59(53)66/h1-40H. The van der Waals surface area contributed by atoms with Gasteiger partial charge in [-0.1, -0.05) is 164 Å². The summed E-state index contributed by atoms with van der Waals surface area (Å²) in [5.41, 5.74) is 16.7. The second-order valence-electron chi connectivity index (χ2n) is 17.6. The zero-order valence-corrected chi connectivity index (χ0v) is 36.8. The normalized spacial score (nSPS) is 11.8. The molecule has 318 valence electrons. The number of rotatable bonds is 7. The minimum Gasteiger partial charge on any atom is -0.456 e. The van der Waals surface area contributed by atoms with E-state index in [0.717, 1.165) is 94.4 Å². The van der Waals surface area contributed by atoms with Crippen molar-refractivity contribution in [2.24, 2.45) is 0 Å². The fourth-order valence-electron chi connectivity index (χ4n) is 10.7. The Morgan fingerprint density at radius 3 is 1.69 bits per heavy atom. The van der Waals surface area contributed by atoms with Crippen LogP contribution in [0.25, 0.3) is 116 Å². The predicted molar refractivity (Wildman–Crippen MR) is 284 cm³/mol. The van der Waals surface area contributed by atoms with Crippen LogP contribution in [-0.2, 0) is 0 Å². The molecular formula is C64H40N2O2. The molecular weight excluding hydrogens is 829 g/mol. The van der Waals surface area contributed by atoms with Gasteiger partial charge in [0.2, 0.25) is 0 Å². The van der Waals surface area contributed by atoms with Gasteiger partial charge in [-0.05, 0) is 117 Å². The third kappa shape index (κ3) is 6.01. The van der Waals surface area contributed by atoms with Crippen LogP contribution in [-0.4, -0.2) is 4.57 Å². The largest absolute Gasteiger partial charge is 0.456 e. The minimum absolute atomic E-state index is 0.854. The van der Waals surface area contributed by atoms with Crippen LogP contribution in [0.1, 0.15) is 0 Å². The minimum atomic E-state index is 0.854. The van der Waals surface area contributed by atoms with Gasteiger partial charge >= 0.3 is 0 Å². The molecule has 0 radical (unpaired) electrons. The average Bonchev–Trinajstić information content (AvgIpc) is 4.09. The lowest BCUT2D eigenvalue weighted by Crippen LogP contribution is -2.10. The molecule has 0 aliphatic carbocycles. The van der Waals surface area contributed by atoms with E-state index in [0.29, 0.717) is 0 Å². The van der Waals surface area contributed by atoms with Crippen LogP contribution in [0.15, 0.2) is 251 Å². The third-order valence-corrected chi connectivity index (χ3v) is 13.8. The maximum atomic E-state index is 6.87. The van der Waals surface area contributed by atoms with Gasteiger partial charge in [0.15, 0.2) is 0 Å². The van der Waals surface area contributed by atoms with Crippen molar-refractivity contribution in [3.63, 3.8) is 0 Å². The molecule has 4 nitrogen and oxygen atoms in total. The van der Waals surface area contributed by atoms with Gasteiger partial charge in [-0.2, -0.15) is 0 Å². The summed E-state index contributed by atoms with van der Waals surface area (Å²) in [4.78, 5) is 2.39. The summed E-state index contributed by atoms with van der Waals surface area (Å²) in [6.45, 7) is 0. The molecule has 0 aliphatic heterocycles. The van der Waals surface area contributed by atoms with Crippen LogP contribution in [0.2, 0.25) is 0 Å². The zero-order chi connectivity index (χ0) is 44.7. The molecule has 11 aromatic carbocycles. The van der Waals surface area contributed by atoms with E-state index in [1.807, 2.05) is 18.2 Å². The lowest BCUT2D eigenvalue weighted by molar-refractivity contribution is 0.669. The summed E-state index contributed by atoms with van der Waals surface area (Å²) in [5, 5.41) is 9.27. The third-order valence-electron chi connectivity index (χ3n) is 13.8. The van der Waals surface area contributed by atoms with Crippen molar-refractivity contribution < 1.29 is 8.83 Å². The maximum Gasteiger partial charge on any atom is 0.143 e. The summed E-state index contributed by atoms with van der Waals surface area (Å²) in [5.74, 6) is 0. The fourth-order valence-corrected chi connectivity index (χ4v) is 10.7. The number of benzene rings is 11. The number of anilines is 3. The number of nitrogens with zero attached hydrogens (tertiary/aromatic N) is 2. The molecule has 3 heterocycles. The smallest absolute Gasteiger partial charge is 0.143 e. The lowest BCUT2D eigenvalue weighted by atomic mass is 9.97. The second-order valence-corrected chi connectivity index (χ2v) is 17.6. The van der Waals surface area contributed by atoms with Crippen molar-refractivity contribution >= 4 is 93.5 Å². The van der Waals surface area contributed by atoms with E-state index >= 15 is 0 Å². The summed E-state index contributed by atoms with van der Waals surface area (Å²) < 4.78 is 15.6. The molecule has 0 bridgehead atoms. The maximum absolute atomic E-state index is 6.87. The first-order valence-electron chi connectivity index (χ1n) is 23.2. The number of aromatic nitrogens is 1. The van der Waals surface area contributed by atoms with Crippen LogP contribution in [0.4, 0.5) is 17.1 Å². The second kappa shape index (κ2) is 15.2. The molecule has 4 heteroatoms. The highest BCUT2D eigenvalue weighted by Crippen LogP contribution is 2.46. The SMILES string of the molecule is c1cc(-c2cccc3oc4ccccc4c23)cc(N(c2ccc(-c3cccc4ccccc34)cc2)c2cc(-c3cccc(-n4c5ccccc5c5ccccc54)c3)c3oc4ccccc4c3c2)c1. The van der Waals surface area contributed by atoms with Crippen molar-refractivity contribution in [3.05, 3.63) is 243 Å². The summed E-state index contributed by atoms with van der Waals surface area (Å²) in [7, 11) is 0. The molecule has 68 heavy (non-hydrogen) atoms. The van der Waals surface area contributed by atoms with Crippen molar-refractivity contribution in [1.82, 2.24) is 4.57 Å². The Balaban J connectivity index is 0.996. The summed E-state index contributed by atoms with van der Waals surface area (Å²) >= 11 is 0. The zero-order valence-electron chi connectivity index (χ0n) is 36.8. The van der Waals surface area contributed by atoms with Crippen molar-refractivity contribution in [1.29, 1.82) is 0 Å². The van der Waals surface area contributed by atoms with E-state index in [1.54, 1.807) is 0 Å². The Morgan fingerprint density at radius 2 is 0.897 bits per heavy atom. The van der Waals surface area contributed by atoms with E-state index in [4.69, 9.17) is 8.83 Å². The monoisotopic (exact) mass is 868 g/mol. The van der Waals surface area contributed by atoms with Crippen LogP contribution in [0.5, 0.6) is 0 Å². The first-order valence-corrected chi connectivity index (χ1v) is 23.2. The van der Waals surface area contributed by atoms with Gasteiger partial charge in [-0.25, -0.2) is 0 Å². The van der Waals surface area contributed by atoms with E-state index in [9.17, 15) is 0 Å². The summed E-state index contributed by atoms with van der Waals surface area (Å²) in [6, 6.07) is 87.0. The molecule has 0 atom stereocenters. The van der Waals surface area contributed by atoms with Gasteiger partial charge in [-0.3, -0.25) is 0 Å². The topological polar surface area (TPSA) is 34.5 Å². The van der Waals surface area contributed by atoms with Gasteiger partial charge in [-0.15, -0.1) is 0 Å².